The van der Waals surface area contributed by atoms with Crippen molar-refractivity contribution < 1.29 is 4.79 Å². The molecule has 0 aromatic heterocycles. The molecule has 3 heteroatoms. The maximum atomic E-state index is 11.8. The molecule has 3 nitrogen and oxygen atoms in total. The molecule has 1 aromatic carbocycles. The zero-order valence-corrected chi connectivity index (χ0v) is 10.2. The maximum absolute atomic E-state index is 11.8. The fourth-order valence-corrected chi connectivity index (χ4v) is 1.28. The van der Waals surface area contributed by atoms with E-state index < -0.39 is 0 Å². The Balaban J connectivity index is 2.40. The van der Waals surface area contributed by atoms with Gasteiger partial charge in [-0.25, -0.2) is 0 Å². The Labute approximate surface area is 97.2 Å². The molecule has 0 bridgehead atoms. The third kappa shape index (κ3) is 4.45. The predicted molar refractivity (Wildman–Crippen MR) is 67.4 cm³/mol. The van der Waals surface area contributed by atoms with Gasteiger partial charge in [-0.3, -0.25) is 4.79 Å². The van der Waals surface area contributed by atoms with E-state index in [-0.39, 0.29) is 11.9 Å². The van der Waals surface area contributed by atoms with Crippen molar-refractivity contribution in [1.29, 1.82) is 0 Å². The van der Waals surface area contributed by atoms with Gasteiger partial charge < -0.3 is 10.6 Å². The average molecular weight is 220 g/mol. The molecule has 0 aliphatic rings. The van der Waals surface area contributed by atoms with Crippen LogP contribution in [0.15, 0.2) is 30.3 Å². The third-order valence-electron chi connectivity index (χ3n) is 2.27. The molecule has 0 saturated heterocycles. The number of amides is 1. The summed E-state index contributed by atoms with van der Waals surface area (Å²) in [5.74, 6) is 0.554. The van der Waals surface area contributed by atoms with Crippen LogP contribution in [0.2, 0.25) is 0 Å². The first-order chi connectivity index (χ1) is 7.59. The Morgan fingerprint density at radius 2 is 1.81 bits per heavy atom. The Kier molecular flexibility index (Phi) is 4.99. The summed E-state index contributed by atoms with van der Waals surface area (Å²) < 4.78 is 0. The SMILES string of the molecule is CC(C)CNC(C)C(=O)Nc1ccccc1. The lowest BCUT2D eigenvalue weighted by Gasteiger charge is -2.15. The Morgan fingerprint density at radius 1 is 1.19 bits per heavy atom. The quantitative estimate of drug-likeness (QED) is 0.799. The van der Waals surface area contributed by atoms with Crippen LogP contribution in [-0.4, -0.2) is 18.5 Å². The summed E-state index contributed by atoms with van der Waals surface area (Å²) >= 11 is 0. The van der Waals surface area contributed by atoms with Gasteiger partial charge in [0.05, 0.1) is 6.04 Å². The van der Waals surface area contributed by atoms with Crippen LogP contribution in [0.5, 0.6) is 0 Å². The Hall–Kier alpha value is -1.35. The fourth-order valence-electron chi connectivity index (χ4n) is 1.28. The zero-order chi connectivity index (χ0) is 12.0. The molecule has 0 saturated carbocycles. The number of anilines is 1. The highest BCUT2D eigenvalue weighted by molar-refractivity contribution is 5.94. The molecule has 1 amide bonds. The molecule has 1 rings (SSSR count). The van der Waals surface area contributed by atoms with Gasteiger partial charge >= 0.3 is 0 Å². The van der Waals surface area contributed by atoms with E-state index in [1.807, 2.05) is 37.3 Å². The first-order valence-electron chi connectivity index (χ1n) is 5.69. The molecule has 88 valence electrons. The summed E-state index contributed by atoms with van der Waals surface area (Å²) in [5.41, 5.74) is 0.839. The maximum Gasteiger partial charge on any atom is 0.241 e. The van der Waals surface area contributed by atoms with Gasteiger partial charge in [0.25, 0.3) is 0 Å². The smallest absolute Gasteiger partial charge is 0.241 e. The standard InChI is InChI=1S/C13H20N2O/c1-10(2)9-14-11(3)13(16)15-12-7-5-4-6-8-12/h4-8,10-11,14H,9H2,1-3H3,(H,15,16). The van der Waals surface area contributed by atoms with E-state index in [4.69, 9.17) is 0 Å². The lowest BCUT2D eigenvalue weighted by molar-refractivity contribution is -0.117. The van der Waals surface area contributed by atoms with E-state index in [0.29, 0.717) is 5.92 Å². The van der Waals surface area contributed by atoms with Crippen LogP contribution in [0.4, 0.5) is 5.69 Å². The van der Waals surface area contributed by atoms with E-state index in [2.05, 4.69) is 24.5 Å². The number of carbonyl (C=O) groups excluding carboxylic acids is 1. The lowest BCUT2D eigenvalue weighted by atomic mass is 10.2. The molecule has 1 unspecified atom stereocenters. The highest BCUT2D eigenvalue weighted by atomic mass is 16.2. The van der Waals surface area contributed by atoms with E-state index in [1.54, 1.807) is 0 Å². The second-order valence-electron chi connectivity index (χ2n) is 4.38. The summed E-state index contributed by atoms with van der Waals surface area (Å²) in [6, 6.07) is 9.34. The molecule has 1 atom stereocenters. The van der Waals surface area contributed by atoms with Gasteiger partial charge in [0.2, 0.25) is 5.91 Å². The highest BCUT2D eigenvalue weighted by Crippen LogP contribution is 2.05. The zero-order valence-electron chi connectivity index (χ0n) is 10.2. The minimum atomic E-state index is -0.164. The van der Waals surface area contributed by atoms with Gasteiger partial charge in [0.15, 0.2) is 0 Å². The normalized spacial score (nSPS) is 12.5. The Bertz CT molecular complexity index is 322. The third-order valence-corrected chi connectivity index (χ3v) is 2.27. The summed E-state index contributed by atoms with van der Waals surface area (Å²) in [7, 11) is 0. The second-order valence-corrected chi connectivity index (χ2v) is 4.38. The molecule has 0 aliphatic heterocycles. The van der Waals surface area contributed by atoms with Crippen LogP contribution in [0, 0.1) is 5.92 Å². The summed E-state index contributed by atoms with van der Waals surface area (Å²) in [5, 5.41) is 6.05. The van der Waals surface area contributed by atoms with E-state index >= 15 is 0 Å². The van der Waals surface area contributed by atoms with Crippen LogP contribution in [0.3, 0.4) is 0 Å². The van der Waals surface area contributed by atoms with Crippen LogP contribution >= 0.6 is 0 Å². The minimum absolute atomic E-state index is 0.00634. The largest absolute Gasteiger partial charge is 0.325 e. The topological polar surface area (TPSA) is 41.1 Å². The van der Waals surface area contributed by atoms with Crippen molar-refractivity contribution in [3.63, 3.8) is 0 Å². The molecular weight excluding hydrogens is 200 g/mol. The molecule has 0 spiro atoms. The molecule has 0 heterocycles. The molecule has 2 N–H and O–H groups in total. The number of hydrogen-bond acceptors (Lipinski definition) is 2. The number of carbonyl (C=O) groups is 1. The van der Waals surface area contributed by atoms with Crippen molar-refractivity contribution in [2.45, 2.75) is 26.8 Å². The summed E-state index contributed by atoms with van der Waals surface area (Å²) in [6.07, 6.45) is 0. The molecule has 1 aromatic rings. The van der Waals surface area contributed by atoms with E-state index in [0.717, 1.165) is 12.2 Å². The van der Waals surface area contributed by atoms with Gasteiger partial charge in [-0.15, -0.1) is 0 Å². The van der Waals surface area contributed by atoms with Gasteiger partial charge in [0, 0.05) is 5.69 Å². The van der Waals surface area contributed by atoms with E-state index in [9.17, 15) is 4.79 Å². The number of para-hydroxylation sites is 1. The Morgan fingerprint density at radius 3 is 2.38 bits per heavy atom. The van der Waals surface area contributed by atoms with Gasteiger partial charge in [-0.2, -0.15) is 0 Å². The second kappa shape index (κ2) is 6.28. The van der Waals surface area contributed by atoms with Gasteiger partial charge in [-0.1, -0.05) is 32.0 Å². The minimum Gasteiger partial charge on any atom is -0.325 e. The van der Waals surface area contributed by atoms with Crippen molar-refractivity contribution in [2.75, 3.05) is 11.9 Å². The van der Waals surface area contributed by atoms with E-state index in [1.165, 1.54) is 0 Å². The molecule has 0 fully saturated rings. The van der Waals surface area contributed by atoms with Crippen molar-refractivity contribution in [1.82, 2.24) is 5.32 Å². The fraction of sp³-hybridized carbons (Fsp3) is 0.462. The molecule has 0 aliphatic carbocycles. The molecule has 0 radical (unpaired) electrons. The average Bonchev–Trinajstić information content (AvgIpc) is 2.27. The van der Waals surface area contributed by atoms with Gasteiger partial charge in [-0.05, 0) is 31.5 Å². The lowest BCUT2D eigenvalue weighted by Crippen LogP contribution is -2.39. The van der Waals surface area contributed by atoms with Crippen molar-refractivity contribution in [3.8, 4) is 0 Å². The van der Waals surface area contributed by atoms with Crippen LogP contribution in [-0.2, 0) is 4.79 Å². The van der Waals surface area contributed by atoms with Crippen LogP contribution in [0.25, 0.3) is 0 Å². The molecular formula is C13H20N2O. The van der Waals surface area contributed by atoms with Crippen molar-refractivity contribution >= 4 is 11.6 Å². The number of rotatable bonds is 5. The number of nitrogens with one attached hydrogen (secondary N) is 2. The predicted octanol–water partition coefficient (Wildman–Crippen LogP) is 2.26. The number of hydrogen-bond donors (Lipinski definition) is 2. The van der Waals surface area contributed by atoms with Crippen LogP contribution < -0.4 is 10.6 Å². The first-order valence-corrected chi connectivity index (χ1v) is 5.69. The van der Waals surface area contributed by atoms with Crippen molar-refractivity contribution in [3.05, 3.63) is 30.3 Å². The number of benzene rings is 1. The summed E-state index contributed by atoms with van der Waals surface area (Å²) in [4.78, 5) is 11.8. The van der Waals surface area contributed by atoms with Gasteiger partial charge in [0.1, 0.15) is 0 Å². The monoisotopic (exact) mass is 220 g/mol. The van der Waals surface area contributed by atoms with Crippen LogP contribution in [0.1, 0.15) is 20.8 Å². The molecule has 16 heavy (non-hydrogen) atoms. The summed E-state index contributed by atoms with van der Waals surface area (Å²) in [6.45, 7) is 6.97. The van der Waals surface area contributed by atoms with Crippen molar-refractivity contribution in [2.24, 2.45) is 5.92 Å². The first kappa shape index (κ1) is 12.7. The highest BCUT2D eigenvalue weighted by Gasteiger charge is 2.12.